The Hall–Kier alpha value is -1.53. The first kappa shape index (κ1) is 12.9. The first-order chi connectivity index (χ1) is 8.65. The molecule has 1 aromatic carbocycles. The van der Waals surface area contributed by atoms with Crippen molar-refractivity contribution in [1.29, 1.82) is 5.26 Å². The molecule has 1 atom stereocenters. The average molecular weight is 243 g/mol. The number of rotatable bonds is 2. The second-order valence-electron chi connectivity index (χ2n) is 5.06. The smallest absolute Gasteiger partial charge is 0.101 e. The molecule has 3 nitrogen and oxygen atoms in total. The molecule has 96 valence electrons. The van der Waals surface area contributed by atoms with E-state index in [-0.39, 0.29) is 0 Å². The highest BCUT2D eigenvalue weighted by Gasteiger charge is 2.23. The van der Waals surface area contributed by atoms with Crippen molar-refractivity contribution in [2.45, 2.75) is 26.8 Å². The van der Waals surface area contributed by atoms with Crippen LogP contribution in [0.1, 0.15) is 25.0 Å². The summed E-state index contributed by atoms with van der Waals surface area (Å²) < 4.78 is 0. The summed E-state index contributed by atoms with van der Waals surface area (Å²) in [5.74, 6) is 0. The number of benzene rings is 1. The van der Waals surface area contributed by atoms with E-state index in [1.165, 1.54) is 0 Å². The summed E-state index contributed by atoms with van der Waals surface area (Å²) in [6, 6.07) is 9.03. The maximum Gasteiger partial charge on any atom is 0.101 e. The fraction of sp³-hybridized carbons (Fsp3) is 0.533. The molecule has 2 rings (SSSR count). The van der Waals surface area contributed by atoms with Crippen molar-refractivity contribution in [3.63, 3.8) is 0 Å². The zero-order chi connectivity index (χ0) is 13.1. The van der Waals surface area contributed by atoms with Gasteiger partial charge in [-0.15, -0.1) is 0 Å². The Kier molecular flexibility index (Phi) is 3.88. The topological polar surface area (TPSA) is 30.3 Å². The lowest BCUT2D eigenvalue weighted by atomic mass is 10.1. The average Bonchev–Trinajstić information content (AvgIpc) is 2.38. The first-order valence-electron chi connectivity index (χ1n) is 6.65. The van der Waals surface area contributed by atoms with Gasteiger partial charge in [0.2, 0.25) is 0 Å². The summed E-state index contributed by atoms with van der Waals surface area (Å²) in [4.78, 5) is 4.82. The largest absolute Gasteiger partial charge is 0.368 e. The number of anilines is 1. The molecule has 0 bridgehead atoms. The minimum atomic E-state index is 0.552. The van der Waals surface area contributed by atoms with Crippen LogP contribution >= 0.6 is 0 Å². The van der Waals surface area contributed by atoms with Crippen LogP contribution < -0.4 is 4.90 Å². The second-order valence-corrected chi connectivity index (χ2v) is 5.06. The highest BCUT2D eigenvalue weighted by molar-refractivity contribution is 5.60. The molecule has 0 amide bonds. The molecule has 0 aliphatic carbocycles. The summed E-state index contributed by atoms with van der Waals surface area (Å²) in [7, 11) is 0. The molecule has 0 aromatic heterocycles. The van der Waals surface area contributed by atoms with Crippen molar-refractivity contribution in [3.8, 4) is 6.07 Å². The van der Waals surface area contributed by atoms with Crippen molar-refractivity contribution in [2.24, 2.45) is 0 Å². The minimum absolute atomic E-state index is 0.552. The van der Waals surface area contributed by atoms with Gasteiger partial charge in [-0.2, -0.15) is 5.26 Å². The Morgan fingerprint density at radius 1 is 1.39 bits per heavy atom. The third kappa shape index (κ3) is 2.49. The van der Waals surface area contributed by atoms with Gasteiger partial charge in [-0.3, -0.25) is 4.90 Å². The Bertz CT molecular complexity index is 461. The lowest BCUT2D eigenvalue weighted by Gasteiger charge is -2.40. The number of piperazine rings is 1. The summed E-state index contributed by atoms with van der Waals surface area (Å²) in [5, 5.41) is 9.25. The molecule has 1 aliphatic rings. The minimum Gasteiger partial charge on any atom is -0.368 e. The van der Waals surface area contributed by atoms with Crippen LogP contribution in [0.5, 0.6) is 0 Å². The Morgan fingerprint density at radius 3 is 2.78 bits per heavy atom. The normalized spacial score (nSPS) is 20.8. The van der Waals surface area contributed by atoms with Crippen LogP contribution in [0.25, 0.3) is 0 Å². The van der Waals surface area contributed by atoms with Crippen LogP contribution in [0.2, 0.25) is 0 Å². The van der Waals surface area contributed by atoms with Crippen molar-refractivity contribution in [1.82, 2.24) is 4.90 Å². The quantitative estimate of drug-likeness (QED) is 0.799. The van der Waals surface area contributed by atoms with Crippen molar-refractivity contribution >= 4 is 5.69 Å². The SMILES string of the molecule is CCN1CCN(c2ccc(C)cc2C#N)CC1C. The predicted molar refractivity (Wildman–Crippen MR) is 74.8 cm³/mol. The highest BCUT2D eigenvalue weighted by Crippen LogP contribution is 2.24. The fourth-order valence-corrected chi connectivity index (χ4v) is 2.70. The maximum absolute atomic E-state index is 9.25. The monoisotopic (exact) mass is 243 g/mol. The van der Waals surface area contributed by atoms with E-state index in [9.17, 15) is 5.26 Å². The van der Waals surface area contributed by atoms with Gasteiger partial charge in [0.05, 0.1) is 11.3 Å². The summed E-state index contributed by atoms with van der Waals surface area (Å²) in [6.45, 7) is 10.7. The van der Waals surface area contributed by atoms with Gasteiger partial charge in [0.15, 0.2) is 0 Å². The predicted octanol–water partition coefficient (Wildman–Crippen LogP) is 2.40. The third-order valence-electron chi connectivity index (χ3n) is 3.78. The van der Waals surface area contributed by atoms with E-state index in [4.69, 9.17) is 0 Å². The zero-order valence-corrected chi connectivity index (χ0v) is 11.5. The molecule has 1 aliphatic heterocycles. The molecule has 0 saturated carbocycles. The molecule has 0 radical (unpaired) electrons. The van der Waals surface area contributed by atoms with Crippen LogP contribution in [0.15, 0.2) is 18.2 Å². The number of hydrogen-bond acceptors (Lipinski definition) is 3. The van der Waals surface area contributed by atoms with E-state index < -0.39 is 0 Å². The molecule has 1 aromatic rings. The van der Waals surface area contributed by atoms with Gasteiger partial charge in [-0.25, -0.2) is 0 Å². The number of nitrogens with zero attached hydrogens (tertiary/aromatic N) is 3. The van der Waals surface area contributed by atoms with E-state index in [1.807, 2.05) is 13.0 Å². The van der Waals surface area contributed by atoms with Crippen LogP contribution in [0, 0.1) is 18.3 Å². The molecule has 1 saturated heterocycles. The molecule has 1 unspecified atom stereocenters. The van der Waals surface area contributed by atoms with Crippen LogP contribution in [-0.4, -0.2) is 37.1 Å². The van der Waals surface area contributed by atoms with Gasteiger partial charge in [-0.1, -0.05) is 13.0 Å². The number of nitriles is 1. The Morgan fingerprint density at radius 2 is 2.17 bits per heavy atom. The van der Waals surface area contributed by atoms with E-state index in [0.717, 1.165) is 43.0 Å². The molecule has 1 heterocycles. The van der Waals surface area contributed by atoms with E-state index in [1.54, 1.807) is 0 Å². The molecule has 0 spiro atoms. The lowest BCUT2D eigenvalue weighted by molar-refractivity contribution is 0.199. The van der Waals surface area contributed by atoms with Gasteiger partial charge in [0.1, 0.15) is 6.07 Å². The first-order valence-corrected chi connectivity index (χ1v) is 6.65. The maximum atomic E-state index is 9.25. The second kappa shape index (κ2) is 5.41. The molecule has 1 fully saturated rings. The molecule has 0 N–H and O–H groups in total. The van der Waals surface area contributed by atoms with Gasteiger partial charge in [0.25, 0.3) is 0 Å². The van der Waals surface area contributed by atoms with Crippen LogP contribution in [0.3, 0.4) is 0 Å². The van der Waals surface area contributed by atoms with Crippen LogP contribution in [0.4, 0.5) is 5.69 Å². The van der Waals surface area contributed by atoms with E-state index in [0.29, 0.717) is 6.04 Å². The number of hydrogen-bond donors (Lipinski definition) is 0. The molecule has 18 heavy (non-hydrogen) atoms. The fourth-order valence-electron chi connectivity index (χ4n) is 2.70. The van der Waals surface area contributed by atoms with Crippen LogP contribution in [-0.2, 0) is 0 Å². The summed E-state index contributed by atoms with van der Waals surface area (Å²) in [6.07, 6.45) is 0. The molecular weight excluding hydrogens is 222 g/mol. The van der Waals surface area contributed by atoms with Gasteiger partial charge in [-0.05, 0) is 38.1 Å². The van der Waals surface area contributed by atoms with E-state index in [2.05, 4.69) is 41.8 Å². The van der Waals surface area contributed by atoms with Gasteiger partial charge >= 0.3 is 0 Å². The van der Waals surface area contributed by atoms with Gasteiger partial charge in [0, 0.05) is 25.7 Å². The third-order valence-corrected chi connectivity index (χ3v) is 3.78. The highest BCUT2D eigenvalue weighted by atomic mass is 15.3. The summed E-state index contributed by atoms with van der Waals surface area (Å²) >= 11 is 0. The summed E-state index contributed by atoms with van der Waals surface area (Å²) in [5.41, 5.74) is 3.04. The Balaban J connectivity index is 2.21. The number of likely N-dealkylation sites (N-methyl/N-ethyl adjacent to an activating group) is 1. The van der Waals surface area contributed by atoms with Crippen molar-refractivity contribution in [2.75, 3.05) is 31.1 Å². The Labute approximate surface area is 110 Å². The van der Waals surface area contributed by atoms with Crippen molar-refractivity contribution < 1.29 is 0 Å². The van der Waals surface area contributed by atoms with E-state index >= 15 is 0 Å². The van der Waals surface area contributed by atoms with Crippen molar-refractivity contribution in [3.05, 3.63) is 29.3 Å². The zero-order valence-electron chi connectivity index (χ0n) is 11.5. The van der Waals surface area contributed by atoms with Gasteiger partial charge < -0.3 is 4.90 Å². The lowest BCUT2D eigenvalue weighted by Crippen LogP contribution is -2.51. The number of aryl methyl sites for hydroxylation is 1. The molecule has 3 heteroatoms. The molecular formula is C15H21N3. The standard InChI is InChI=1S/C15H21N3/c1-4-17-7-8-18(11-13(17)3)15-6-5-12(2)9-14(15)10-16/h5-6,9,13H,4,7-8,11H2,1-3H3.